The number of ether oxygens (including phenoxy) is 1. The van der Waals surface area contributed by atoms with E-state index in [0.29, 0.717) is 17.9 Å². The van der Waals surface area contributed by atoms with Crippen molar-refractivity contribution < 1.29 is 13.9 Å². The van der Waals surface area contributed by atoms with Crippen LogP contribution in [0.25, 0.3) is 11.0 Å². The Labute approximate surface area is 137 Å². The van der Waals surface area contributed by atoms with Gasteiger partial charge in [0.15, 0.2) is 5.16 Å². The van der Waals surface area contributed by atoms with E-state index in [-0.39, 0.29) is 5.76 Å². The van der Waals surface area contributed by atoms with Crippen LogP contribution in [0.1, 0.15) is 28.9 Å². The Balaban J connectivity index is 1.95. The van der Waals surface area contributed by atoms with Gasteiger partial charge < -0.3 is 13.7 Å². The second kappa shape index (κ2) is 6.45. The molecule has 0 saturated carbocycles. The molecule has 0 fully saturated rings. The zero-order valence-corrected chi connectivity index (χ0v) is 14.0. The lowest BCUT2D eigenvalue weighted by Gasteiger charge is -2.03. The molecule has 0 aliphatic heterocycles. The van der Waals surface area contributed by atoms with Gasteiger partial charge in [-0.2, -0.15) is 0 Å². The molecule has 0 unspecified atom stereocenters. The van der Waals surface area contributed by atoms with Crippen LogP contribution in [0.5, 0.6) is 0 Å². The third-order valence-electron chi connectivity index (χ3n) is 3.56. The smallest absolute Gasteiger partial charge is 0.374 e. The van der Waals surface area contributed by atoms with Gasteiger partial charge in [-0.05, 0) is 19.9 Å². The molecule has 0 aliphatic carbocycles. The van der Waals surface area contributed by atoms with E-state index in [1.54, 1.807) is 6.92 Å². The predicted octanol–water partition coefficient (Wildman–Crippen LogP) is 3.34. The third-order valence-corrected chi connectivity index (χ3v) is 4.60. The molecule has 1 aromatic carbocycles. The van der Waals surface area contributed by atoms with Gasteiger partial charge in [0, 0.05) is 23.8 Å². The first-order valence-electron chi connectivity index (χ1n) is 7.28. The van der Waals surface area contributed by atoms with Crippen molar-refractivity contribution >= 4 is 28.7 Å². The van der Waals surface area contributed by atoms with Crippen LogP contribution in [-0.2, 0) is 17.5 Å². The number of nitrogens with zero attached hydrogens (tertiary/aromatic N) is 3. The number of carbonyl (C=O) groups is 1. The molecule has 0 spiro atoms. The van der Waals surface area contributed by atoms with Gasteiger partial charge in [0.2, 0.25) is 5.76 Å². The van der Waals surface area contributed by atoms with E-state index >= 15 is 0 Å². The van der Waals surface area contributed by atoms with E-state index in [2.05, 4.69) is 10.2 Å². The maximum absolute atomic E-state index is 12.2. The average molecular weight is 331 g/mol. The van der Waals surface area contributed by atoms with Gasteiger partial charge in [-0.1, -0.05) is 30.0 Å². The fraction of sp³-hybridized carbons (Fsp3) is 0.312. The number of aromatic nitrogens is 3. The summed E-state index contributed by atoms with van der Waals surface area (Å²) in [6.07, 6.45) is 0. The fourth-order valence-corrected chi connectivity index (χ4v) is 3.24. The van der Waals surface area contributed by atoms with Gasteiger partial charge in [0.05, 0.1) is 6.61 Å². The maximum Gasteiger partial charge on any atom is 0.374 e. The van der Waals surface area contributed by atoms with Crippen LogP contribution in [0.15, 0.2) is 33.8 Å². The van der Waals surface area contributed by atoms with Crippen LogP contribution >= 0.6 is 11.8 Å². The normalized spacial score (nSPS) is 11.1. The summed E-state index contributed by atoms with van der Waals surface area (Å²) < 4.78 is 12.7. The van der Waals surface area contributed by atoms with Crippen molar-refractivity contribution in [1.29, 1.82) is 0 Å². The van der Waals surface area contributed by atoms with Crippen LogP contribution in [-0.4, -0.2) is 27.3 Å². The van der Waals surface area contributed by atoms with Gasteiger partial charge in [-0.15, -0.1) is 10.2 Å². The van der Waals surface area contributed by atoms with Crippen LogP contribution < -0.4 is 0 Å². The summed E-state index contributed by atoms with van der Waals surface area (Å²) >= 11 is 1.51. The Morgan fingerprint density at radius 1 is 1.35 bits per heavy atom. The number of hydrogen-bond acceptors (Lipinski definition) is 6. The first kappa shape index (κ1) is 15.6. The van der Waals surface area contributed by atoms with Crippen molar-refractivity contribution in [3.63, 3.8) is 0 Å². The number of carbonyl (C=O) groups excluding carboxylic acids is 1. The van der Waals surface area contributed by atoms with Crippen molar-refractivity contribution in [2.45, 2.75) is 24.8 Å². The SMILES string of the molecule is CCOC(=O)c1oc2ccccc2c1CSc1nnc(C)n1C. The molecule has 23 heavy (non-hydrogen) atoms. The maximum atomic E-state index is 12.2. The van der Waals surface area contributed by atoms with Crippen LogP contribution in [0.2, 0.25) is 0 Å². The molecule has 0 amide bonds. The van der Waals surface area contributed by atoms with Crippen molar-refractivity contribution in [2.24, 2.45) is 7.05 Å². The molecule has 3 rings (SSSR count). The number of fused-ring (bicyclic) bond motifs is 1. The second-order valence-corrected chi connectivity index (χ2v) is 5.95. The second-order valence-electron chi connectivity index (χ2n) is 5.00. The number of rotatable bonds is 5. The molecule has 3 aromatic rings. The highest BCUT2D eigenvalue weighted by molar-refractivity contribution is 7.98. The summed E-state index contributed by atoms with van der Waals surface area (Å²) in [5, 5.41) is 9.89. The van der Waals surface area contributed by atoms with E-state index in [0.717, 1.165) is 21.9 Å². The summed E-state index contributed by atoms with van der Waals surface area (Å²) in [5.74, 6) is 1.22. The minimum atomic E-state index is -0.437. The first-order chi connectivity index (χ1) is 11.1. The number of hydrogen-bond donors (Lipinski definition) is 0. The zero-order chi connectivity index (χ0) is 16.4. The Hall–Kier alpha value is -2.28. The standard InChI is InChI=1S/C16H17N3O3S/c1-4-21-15(20)14-12(11-7-5-6-8-13(11)22-14)9-23-16-18-17-10(2)19(16)3/h5-8H,4,9H2,1-3H3. The van der Waals surface area contributed by atoms with Gasteiger partial charge in [-0.3, -0.25) is 0 Å². The predicted molar refractivity (Wildman–Crippen MR) is 87.5 cm³/mol. The summed E-state index contributed by atoms with van der Waals surface area (Å²) in [4.78, 5) is 12.2. The molecular weight excluding hydrogens is 314 g/mol. The Bertz CT molecular complexity index is 853. The minimum Gasteiger partial charge on any atom is -0.460 e. The van der Waals surface area contributed by atoms with Crippen molar-refractivity contribution in [1.82, 2.24) is 14.8 Å². The van der Waals surface area contributed by atoms with Crippen molar-refractivity contribution in [2.75, 3.05) is 6.61 Å². The zero-order valence-electron chi connectivity index (χ0n) is 13.2. The fourth-order valence-electron chi connectivity index (χ4n) is 2.25. The van der Waals surface area contributed by atoms with E-state index < -0.39 is 5.97 Å². The first-order valence-corrected chi connectivity index (χ1v) is 8.26. The summed E-state index contributed by atoms with van der Waals surface area (Å²) in [7, 11) is 1.91. The average Bonchev–Trinajstić information content (AvgIpc) is 3.07. The number of para-hydroxylation sites is 1. The van der Waals surface area contributed by atoms with Crippen LogP contribution in [0.4, 0.5) is 0 Å². The highest BCUT2D eigenvalue weighted by Gasteiger charge is 2.22. The number of esters is 1. The molecule has 6 nitrogen and oxygen atoms in total. The van der Waals surface area contributed by atoms with Gasteiger partial charge in [0.25, 0.3) is 0 Å². The highest BCUT2D eigenvalue weighted by atomic mass is 32.2. The molecule has 7 heteroatoms. The van der Waals surface area contributed by atoms with Crippen LogP contribution in [0, 0.1) is 6.92 Å². The lowest BCUT2D eigenvalue weighted by atomic mass is 10.1. The Morgan fingerprint density at radius 3 is 2.83 bits per heavy atom. The Kier molecular flexibility index (Phi) is 4.38. The molecular formula is C16H17N3O3S. The third kappa shape index (κ3) is 2.96. The topological polar surface area (TPSA) is 70.2 Å². The number of thioether (sulfide) groups is 1. The van der Waals surface area contributed by atoms with E-state index in [1.165, 1.54) is 11.8 Å². The summed E-state index contributed by atoms with van der Waals surface area (Å²) in [5.41, 5.74) is 1.50. The molecule has 0 aliphatic rings. The largest absolute Gasteiger partial charge is 0.460 e. The van der Waals surface area contributed by atoms with Gasteiger partial charge >= 0.3 is 5.97 Å². The van der Waals surface area contributed by atoms with E-state index in [9.17, 15) is 4.79 Å². The molecule has 0 radical (unpaired) electrons. The molecule has 0 atom stereocenters. The van der Waals surface area contributed by atoms with E-state index in [4.69, 9.17) is 9.15 Å². The molecule has 2 heterocycles. The quantitative estimate of drug-likeness (QED) is 0.527. The lowest BCUT2D eigenvalue weighted by molar-refractivity contribution is 0.0491. The number of furan rings is 1. The lowest BCUT2D eigenvalue weighted by Crippen LogP contribution is -2.06. The van der Waals surface area contributed by atoms with Gasteiger partial charge in [0.1, 0.15) is 11.4 Å². The van der Waals surface area contributed by atoms with Gasteiger partial charge in [-0.25, -0.2) is 4.79 Å². The number of aryl methyl sites for hydroxylation is 1. The molecule has 0 bridgehead atoms. The van der Waals surface area contributed by atoms with Crippen molar-refractivity contribution in [3.05, 3.63) is 41.4 Å². The van der Waals surface area contributed by atoms with Crippen molar-refractivity contribution in [3.8, 4) is 0 Å². The molecule has 2 aromatic heterocycles. The summed E-state index contributed by atoms with van der Waals surface area (Å²) in [6.45, 7) is 3.98. The minimum absolute atomic E-state index is 0.263. The molecule has 0 saturated heterocycles. The Morgan fingerprint density at radius 2 is 2.13 bits per heavy atom. The molecule has 120 valence electrons. The number of benzene rings is 1. The monoisotopic (exact) mass is 331 g/mol. The summed E-state index contributed by atoms with van der Waals surface area (Å²) in [6, 6.07) is 7.59. The van der Waals surface area contributed by atoms with Crippen LogP contribution in [0.3, 0.4) is 0 Å². The van der Waals surface area contributed by atoms with E-state index in [1.807, 2.05) is 42.8 Å². The highest BCUT2D eigenvalue weighted by Crippen LogP contribution is 2.31. The molecule has 0 N–H and O–H groups in total.